The molecule has 1 aromatic carbocycles. The summed E-state index contributed by atoms with van der Waals surface area (Å²) < 4.78 is 11.5. The van der Waals surface area contributed by atoms with Crippen LogP contribution < -0.4 is 15.0 Å². The molecule has 6 rings (SSSR count). The topological polar surface area (TPSA) is 92.7 Å². The van der Waals surface area contributed by atoms with Gasteiger partial charge >= 0.3 is 5.97 Å². The summed E-state index contributed by atoms with van der Waals surface area (Å²) in [4.78, 5) is 30.9. The van der Waals surface area contributed by atoms with Gasteiger partial charge in [0.25, 0.3) is 0 Å². The normalized spacial score (nSPS) is 22.5. The molecule has 1 aliphatic carbocycles. The van der Waals surface area contributed by atoms with Crippen LogP contribution in [0.3, 0.4) is 0 Å². The molecule has 11 heteroatoms. The Morgan fingerprint density at radius 2 is 1.71 bits per heavy atom. The molecule has 1 N–H and O–H groups in total. The van der Waals surface area contributed by atoms with Gasteiger partial charge in [0, 0.05) is 47.9 Å². The van der Waals surface area contributed by atoms with Crippen molar-refractivity contribution in [2.45, 2.75) is 32.7 Å². The van der Waals surface area contributed by atoms with Crippen molar-refractivity contribution in [2.24, 2.45) is 17.8 Å². The first-order chi connectivity index (χ1) is 20.5. The van der Waals surface area contributed by atoms with Crippen molar-refractivity contribution in [3.63, 3.8) is 0 Å². The largest absolute Gasteiger partial charge is 0.466 e. The van der Waals surface area contributed by atoms with Crippen molar-refractivity contribution in [3.05, 3.63) is 58.3 Å². The Morgan fingerprint density at radius 1 is 0.976 bits per heavy atom. The molecule has 0 amide bonds. The van der Waals surface area contributed by atoms with Gasteiger partial charge in [-0.05, 0) is 87.5 Å². The lowest BCUT2D eigenvalue weighted by atomic mass is 10.1. The van der Waals surface area contributed by atoms with E-state index in [2.05, 4.69) is 31.2 Å². The van der Waals surface area contributed by atoms with E-state index < -0.39 is 0 Å². The number of hydrogen-bond donors (Lipinski definition) is 1. The van der Waals surface area contributed by atoms with Gasteiger partial charge in [-0.3, -0.25) is 9.69 Å². The van der Waals surface area contributed by atoms with Crippen molar-refractivity contribution in [1.82, 2.24) is 25.2 Å². The Hall–Kier alpha value is -2.98. The molecule has 2 aliphatic heterocycles. The average Bonchev–Trinajstić information content (AvgIpc) is 3.75. The molecule has 222 valence electrons. The molecule has 2 aromatic heterocycles. The molecule has 0 radical (unpaired) electrons. The van der Waals surface area contributed by atoms with Crippen LogP contribution in [0.25, 0.3) is 11.3 Å². The standard InChI is InChI=1S/C31H36Cl2N6O3/c1-2-41-30(40)29-25-4-9-38(10-5-26(25)29)19-20-12-27(21-14-22(32)16-23(33)15-21)37-28(13-20)42-24-17-35-31(36-18-24)39-8-3-6-34-7-11-39/h12-18,25-26,29,34H,2-11,19H2,1H3/t25-,26+,29-. The molecule has 3 fully saturated rings. The number of ether oxygens (including phenoxy) is 2. The Bertz CT molecular complexity index is 1370. The Balaban J connectivity index is 1.19. The number of carbonyl (C=O) groups is 1. The van der Waals surface area contributed by atoms with E-state index in [1.54, 1.807) is 18.5 Å². The van der Waals surface area contributed by atoms with E-state index in [0.717, 1.165) is 81.9 Å². The number of nitrogens with one attached hydrogen (secondary N) is 1. The predicted molar refractivity (Wildman–Crippen MR) is 163 cm³/mol. The zero-order valence-electron chi connectivity index (χ0n) is 23.8. The van der Waals surface area contributed by atoms with Crippen LogP contribution in [0, 0.1) is 17.8 Å². The molecule has 0 unspecified atom stereocenters. The van der Waals surface area contributed by atoms with E-state index in [9.17, 15) is 4.79 Å². The van der Waals surface area contributed by atoms with Crippen molar-refractivity contribution in [2.75, 3.05) is 50.8 Å². The molecule has 1 saturated carbocycles. The number of aromatic nitrogens is 3. The van der Waals surface area contributed by atoms with Gasteiger partial charge in [0.05, 0.1) is 30.6 Å². The smallest absolute Gasteiger partial charge is 0.309 e. The zero-order valence-corrected chi connectivity index (χ0v) is 25.3. The van der Waals surface area contributed by atoms with E-state index in [1.165, 1.54) is 0 Å². The molecule has 2 saturated heterocycles. The maximum absolute atomic E-state index is 12.3. The first-order valence-corrected chi connectivity index (χ1v) is 15.5. The highest BCUT2D eigenvalue weighted by Gasteiger charge is 2.55. The lowest BCUT2D eigenvalue weighted by Crippen LogP contribution is -2.29. The second-order valence-corrected chi connectivity index (χ2v) is 12.1. The molecular weight excluding hydrogens is 575 g/mol. The third kappa shape index (κ3) is 6.97. The number of pyridine rings is 1. The summed E-state index contributed by atoms with van der Waals surface area (Å²) in [6, 6.07) is 9.45. The third-order valence-corrected chi connectivity index (χ3v) is 8.77. The fraction of sp³-hybridized carbons (Fsp3) is 0.484. The second-order valence-electron chi connectivity index (χ2n) is 11.2. The first-order valence-electron chi connectivity index (χ1n) is 14.8. The van der Waals surface area contributed by atoms with Crippen LogP contribution in [-0.4, -0.2) is 71.7 Å². The van der Waals surface area contributed by atoms with Crippen LogP contribution in [0.1, 0.15) is 31.7 Å². The van der Waals surface area contributed by atoms with E-state index >= 15 is 0 Å². The number of nitrogens with zero attached hydrogens (tertiary/aromatic N) is 5. The maximum atomic E-state index is 12.3. The van der Waals surface area contributed by atoms with Crippen LogP contribution in [0.5, 0.6) is 11.6 Å². The third-order valence-electron chi connectivity index (χ3n) is 8.33. The monoisotopic (exact) mass is 610 g/mol. The highest BCUT2D eigenvalue weighted by atomic mass is 35.5. The molecule has 9 nitrogen and oxygen atoms in total. The van der Waals surface area contributed by atoms with Gasteiger partial charge in [0.1, 0.15) is 0 Å². The molecule has 0 spiro atoms. The van der Waals surface area contributed by atoms with Crippen molar-refractivity contribution < 1.29 is 14.3 Å². The van der Waals surface area contributed by atoms with Crippen molar-refractivity contribution in [3.8, 4) is 22.9 Å². The number of carbonyl (C=O) groups excluding carboxylic acids is 1. The van der Waals surface area contributed by atoms with Gasteiger partial charge in [0.2, 0.25) is 11.8 Å². The number of rotatable bonds is 8. The van der Waals surface area contributed by atoms with E-state index in [-0.39, 0.29) is 11.9 Å². The summed E-state index contributed by atoms with van der Waals surface area (Å²) in [5.74, 6) is 2.59. The number of likely N-dealkylation sites (tertiary alicyclic amines) is 1. The predicted octanol–water partition coefficient (Wildman–Crippen LogP) is 5.46. The SMILES string of the molecule is CCOC(=O)[C@@H]1[C@@H]2CCN(Cc3cc(Oc4cnc(N5CCCNCC5)nc4)nc(-c4cc(Cl)cc(Cl)c4)c3)CC[C@@H]21. The van der Waals surface area contributed by atoms with Crippen LogP contribution in [-0.2, 0) is 16.1 Å². The summed E-state index contributed by atoms with van der Waals surface area (Å²) in [7, 11) is 0. The van der Waals surface area contributed by atoms with Crippen LogP contribution in [0.15, 0.2) is 42.7 Å². The van der Waals surface area contributed by atoms with Gasteiger partial charge in [-0.1, -0.05) is 23.2 Å². The fourth-order valence-corrected chi connectivity index (χ4v) is 6.78. The highest BCUT2D eigenvalue weighted by molar-refractivity contribution is 6.35. The lowest BCUT2D eigenvalue weighted by Gasteiger charge is -2.22. The minimum atomic E-state index is -0.0258. The maximum Gasteiger partial charge on any atom is 0.309 e. The second kappa shape index (κ2) is 13.1. The van der Waals surface area contributed by atoms with Crippen LogP contribution >= 0.6 is 23.2 Å². The highest BCUT2D eigenvalue weighted by Crippen LogP contribution is 2.53. The summed E-state index contributed by atoms with van der Waals surface area (Å²) in [5.41, 5.74) is 2.61. The summed E-state index contributed by atoms with van der Waals surface area (Å²) in [6.07, 6.45) is 6.45. The van der Waals surface area contributed by atoms with Crippen LogP contribution in [0.2, 0.25) is 10.0 Å². The van der Waals surface area contributed by atoms with E-state index in [0.29, 0.717) is 46.1 Å². The molecular formula is C31H36Cl2N6O3. The van der Waals surface area contributed by atoms with Crippen molar-refractivity contribution in [1.29, 1.82) is 0 Å². The van der Waals surface area contributed by atoms with Crippen LogP contribution in [0.4, 0.5) is 5.95 Å². The van der Waals surface area contributed by atoms with Crippen molar-refractivity contribution >= 4 is 35.1 Å². The quantitative estimate of drug-likeness (QED) is 0.334. The molecule has 4 heterocycles. The van der Waals surface area contributed by atoms with Gasteiger partial charge in [-0.2, -0.15) is 0 Å². The molecule has 3 aliphatic rings. The van der Waals surface area contributed by atoms with Gasteiger partial charge < -0.3 is 19.7 Å². The summed E-state index contributed by atoms with van der Waals surface area (Å²) in [6.45, 7) is 8.62. The molecule has 0 bridgehead atoms. The lowest BCUT2D eigenvalue weighted by molar-refractivity contribution is -0.145. The zero-order chi connectivity index (χ0) is 29.1. The first kappa shape index (κ1) is 29.1. The molecule has 3 aromatic rings. The number of fused-ring (bicyclic) bond motifs is 1. The van der Waals surface area contributed by atoms with E-state index in [4.69, 9.17) is 37.7 Å². The fourth-order valence-electron chi connectivity index (χ4n) is 6.26. The number of halogens is 2. The average molecular weight is 612 g/mol. The van der Waals surface area contributed by atoms with Gasteiger partial charge in [-0.15, -0.1) is 0 Å². The van der Waals surface area contributed by atoms with E-state index in [1.807, 2.05) is 25.1 Å². The number of esters is 1. The Labute approximate surface area is 256 Å². The number of benzene rings is 1. The molecule has 3 atom stereocenters. The summed E-state index contributed by atoms with van der Waals surface area (Å²) in [5, 5.41) is 4.49. The van der Waals surface area contributed by atoms with Gasteiger partial charge in [-0.25, -0.2) is 15.0 Å². The minimum absolute atomic E-state index is 0.0258. The minimum Gasteiger partial charge on any atom is -0.466 e. The van der Waals surface area contributed by atoms with Gasteiger partial charge in [0.15, 0.2) is 5.75 Å². The number of anilines is 1. The molecule has 42 heavy (non-hydrogen) atoms. The summed E-state index contributed by atoms with van der Waals surface area (Å²) >= 11 is 12.7. The number of hydrogen-bond acceptors (Lipinski definition) is 9. The Kier molecular flexibility index (Phi) is 9.09. The Morgan fingerprint density at radius 3 is 2.43 bits per heavy atom.